The topological polar surface area (TPSA) is 66.7 Å². The van der Waals surface area contributed by atoms with Gasteiger partial charge in [-0.15, -0.1) is 0 Å². The highest BCUT2D eigenvalue weighted by molar-refractivity contribution is 5.60. The fourth-order valence-corrected chi connectivity index (χ4v) is 3.98. The molecule has 4 N–H and O–H groups in total. The molecule has 0 saturated heterocycles. The van der Waals surface area contributed by atoms with Crippen LogP contribution in [0.5, 0.6) is 0 Å². The average Bonchev–Trinajstić information content (AvgIpc) is 3.20. The molecule has 0 spiro atoms. The maximum Gasteiger partial charge on any atom is 0.153 e. The molecule has 0 aliphatic rings. The van der Waals surface area contributed by atoms with Crippen molar-refractivity contribution in [2.24, 2.45) is 5.73 Å². The Hall–Kier alpha value is -3.37. The number of rotatable bonds is 7. The van der Waals surface area contributed by atoms with Gasteiger partial charge in [-0.05, 0) is 23.1 Å². The van der Waals surface area contributed by atoms with Crippen molar-refractivity contribution in [1.82, 2.24) is 10.2 Å². The molecule has 0 fully saturated rings. The minimum atomic E-state index is -0.603. The Labute approximate surface area is 171 Å². The Kier molecular flexibility index (Phi) is 5.45. The molecule has 4 nitrogen and oxygen atoms in total. The third kappa shape index (κ3) is 3.43. The van der Waals surface area contributed by atoms with E-state index >= 15 is 0 Å². The third-order valence-corrected chi connectivity index (χ3v) is 5.44. The molecule has 4 aromatic rings. The zero-order valence-electron chi connectivity index (χ0n) is 16.6. The van der Waals surface area contributed by atoms with Gasteiger partial charge in [0.25, 0.3) is 0 Å². The van der Waals surface area contributed by atoms with Crippen LogP contribution in [-0.2, 0) is 18.5 Å². The van der Waals surface area contributed by atoms with Crippen molar-refractivity contribution in [2.45, 2.75) is 25.4 Å². The predicted octanol–water partition coefficient (Wildman–Crippen LogP) is 4.83. The Bertz CT molecular complexity index is 943. The summed E-state index contributed by atoms with van der Waals surface area (Å²) in [6.45, 7) is 2.53. The molecule has 1 heterocycles. The minimum Gasteiger partial charge on any atom is -0.351 e. The van der Waals surface area contributed by atoms with E-state index in [1.807, 2.05) is 18.2 Å². The van der Waals surface area contributed by atoms with Crippen LogP contribution in [0.1, 0.15) is 34.9 Å². The minimum absolute atomic E-state index is 0.427. The van der Waals surface area contributed by atoms with E-state index in [1.165, 1.54) is 0 Å². The second kappa shape index (κ2) is 8.33. The molecule has 0 unspecified atom stereocenters. The molecular weight excluding hydrogens is 356 g/mol. The first-order chi connectivity index (χ1) is 14.3. The number of aromatic amines is 1. The number of benzene rings is 3. The number of nitrogens with one attached hydrogen (secondary N) is 2. The predicted molar refractivity (Wildman–Crippen MR) is 119 cm³/mol. The number of aryl methyl sites for hydroxylation is 1. The van der Waals surface area contributed by atoms with Crippen LogP contribution < -0.4 is 11.1 Å². The van der Waals surface area contributed by atoms with E-state index in [-0.39, 0.29) is 0 Å². The Morgan fingerprint density at radius 3 is 1.62 bits per heavy atom. The monoisotopic (exact) mass is 382 g/mol. The van der Waals surface area contributed by atoms with Gasteiger partial charge in [0.2, 0.25) is 0 Å². The third-order valence-electron chi connectivity index (χ3n) is 5.44. The van der Waals surface area contributed by atoms with E-state index < -0.39 is 5.54 Å². The van der Waals surface area contributed by atoms with Crippen molar-refractivity contribution in [3.8, 4) is 0 Å². The molecule has 146 valence electrons. The van der Waals surface area contributed by atoms with E-state index in [1.54, 1.807) is 0 Å². The zero-order chi connectivity index (χ0) is 20.1. The molecule has 0 atom stereocenters. The van der Waals surface area contributed by atoms with Gasteiger partial charge in [-0.2, -0.15) is 5.10 Å². The number of nitrogens with two attached hydrogens (primary N) is 1. The van der Waals surface area contributed by atoms with Gasteiger partial charge in [-0.1, -0.05) is 97.9 Å². The normalized spacial score (nSPS) is 11.4. The van der Waals surface area contributed by atoms with E-state index in [0.717, 1.165) is 40.2 Å². The number of H-pyrrole nitrogens is 1. The first-order valence-electron chi connectivity index (χ1n) is 10.0. The number of hydrogen-bond acceptors (Lipinski definition) is 3. The average molecular weight is 383 g/mol. The van der Waals surface area contributed by atoms with Crippen LogP contribution in [0.3, 0.4) is 0 Å². The molecule has 0 aliphatic carbocycles. The van der Waals surface area contributed by atoms with Crippen LogP contribution in [0.2, 0.25) is 0 Å². The van der Waals surface area contributed by atoms with Crippen molar-refractivity contribution in [2.75, 3.05) is 5.32 Å². The van der Waals surface area contributed by atoms with Gasteiger partial charge in [-0.3, -0.25) is 5.10 Å². The lowest BCUT2D eigenvalue weighted by Gasteiger charge is -2.37. The highest BCUT2D eigenvalue weighted by Crippen LogP contribution is 2.40. The highest BCUT2D eigenvalue weighted by atomic mass is 15.2. The van der Waals surface area contributed by atoms with Crippen molar-refractivity contribution >= 4 is 5.82 Å². The van der Waals surface area contributed by atoms with Crippen LogP contribution in [0.15, 0.2) is 91.0 Å². The lowest BCUT2D eigenvalue weighted by atomic mass is 9.77. The zero-order valence-corrected chi connectivity index (χ0v) is 16.6. The van der Waals surface area contributed by atoms with Crippen LogP contribution in [0.4, 0.5) is 5.82 Å². The van der Waals surface area contributed by atoms with E-state index in [9.17, 15) is 0 Å². The summed E-state index contributed by atoms with van der Waals surface area (Å²) < 4.78 is 0. The lowest BCUT2D eigenvalue weighted by molar-refractivity contribution is 0.704. The molecule has 4 rings (SSSR count). The van der Waals surface area contributed by atoms with E-state index in [2.05, 4.69) is 95.2 Å². The van der Waals surface area contributed by atoms with E-state index in [4.69, 9.17) is 5.73 Å². The molecule has 29 heavy (non-hydrogen) atoms. The first-order valence-corrected chi connectivity index (χ1v) is 10.0. The summed E-state index contributed by atoms with van der Waals surface area (Å²) in [4.78, 5) is 0. The summed E-state index contributed by atoms with van der Waals surface area (Å²) in [6.07, 6.45) is 0.857. The summed E-state index contributed by atoms with van der Waals surface area (Å²) in [5, 5.41) is 11.6. The van der Waals surface area contributed by atoms with Crippen molar-refractivity contribution < 1.29 is 0 Å². The van der Waals surface area contributed by atoms with Crippen LogP contribution in [0.25, 0.3) is 0 Å². The molecule has 0 amide bonds. The van der Waals surface area contributed by atoms with Gasteiger partial charge in [0.1, 0.15) is 5.54 Å². The van der Waals surface area contributed by atoms with Gasteiger partial charge in [-0.25, -0.2) is 0 Å². The maximum absolute atomic E-state index is 6.11. The van der Waals surface area contributed by atoms with Gasteiger partial charge < -0.3 is 11.1 Å². The van der Waals surface area contributed by atoms with Crippen molar-refractivity contribution in [3.63, 3.8) is 0 Å². The van der Waals surface area contributed by atoms with Gasteiger partial charge >= 0.3 is 0 Å². The van der Waals surface area contributed by atoms with Crippen molar-refractivity contribution in [1.29, 1.82) is 0 Å². The number of aromatic nitrogens is 2. The molecule has 0 radical (unpaired) electrons. The maximum atomic E-state index is 6.11. The summed E-state index contributed by atoms with van der Waals surface area (Å²) in [7, 11) is 0. The second-order valence-electron chi connectivity index (χ2n) is 7.06. The van der Waals surface area contributed by atoms with E-state index in [0.29, 0.717) is 6.54 Å². The molecule has 0 aliphatic heterocycles. The quantitative estimate of drug-likeness (QED) is 0.401. The lowest BCUT2D eigenvalue weighted by Crippen LogP contribution is -2.38. The Balaban J connectivity index is 1.99. The van der Waals surface area contributed by atoms with Gasteiger partial charge in [0.05, 0.1) is 0 Å². The summed E-state index contributed by atoms with van der Waals surface area (Å²) in [5.74, 6) is 0.793. The standard InChI is InChI=1S/C25H26N4/c1-2-23-22(18-26)24(29-28-23)27-25(19-12-6-3-7-13-19,20-14-8-4-9-15-20)21-16-10-5-11-17-21/h3-17H,2,18,26H2,1H3,(H2,27,28,29). The molecule has 1 aromatic heterocycles. The van der Waals surface area contributed by atoms with Crippen molar-refractivity contribution in [3.05, 3.63) is 119 Å². The number of anilines is 1. The van der Waals surface area contributed by atoms with Crippen LogP contribution in [-0.4, -0.2) is 10.2 Å². The Morgan fingerprint density at radius 2 is 1.24 bits per heavy atom. The summed E-state index contributed by atoms with van der Waals surface area (Å²) in [5.41, 5.74) is 11.0. The molecule has 0 bridgehead atoms. The van der Waals surface area contributed by atoms with Crippen LogP contribution >= 0.6 is 0 Å². The summed E-state index contributed by atoms with van der Waals surface area (Å²) >= 11 is 0. The largest absolute Gasteiger partial charge is 0.351 e. The molecular formula is C25H26N4. The second-order valence-corrected chi connectivity index (χ2v) is 7.06. The number of hydrogen-bond donors (Lipinski definition) is 3. The fraction of sp³-hybridized carbons (Fsp3) is 0.160. The number of nitrogens with zero attached hydrogens (tertiary/aromatic N) is 1. The summed E-state index contributed by atoms with van der Waals surface area (Å²) in [6, 6.07) is 31.5. The highest BCUT2D eigenvalue weighted by Gasteiger charge is 2.37. The smallest absolute Gasteiger partial charge is 0.153 e. The van der Waals surface area contributed by atoms with Gasteiger partial charge in [0.15, 0.2) is 5.82 Å². The fourth-order valence-electron chi connectivity index (χ4n) is 3.98. The Morgan fingerprint density at radius 1 is 0.793 bits per heavy atom. The SMILES string of the molecule is CCc1[nH]nc(NC(c2ccccc2)(c2ccccc2)c2ccccc2)c1CN. The van der Waals surface area contributed by atoms with Gasteiger partial charge in [0, 0.05) is 17.8 Å². The molecule has 0 saturated carbocycles. The molecule has 4 heteroatoms. The van der Waals surface area contributed by atoms with Crippen LogP contribution in [0, 0.1) is 0 Å². The molecule has 3 aromatic carbocycles. The first kappa shape index (κ1) is 19.0.